The summed E-state index contributed by atoms with van der Waals surface area (Å²) in [4.78, 5) is 17.0. The molecule has 1 aromatic rings. The minimum absolute atomic E-state index is 0.305. The third-order valence-electron chi connectivity index (χ3n) is 5.28. The van der Waals surface area contributed by atoms with E-state index in [1.807, 2.05) is 24.3 Å². The van der Waals surface area contributed by atoms with E-state index in [2.05, 4.69) is 29.1 Å². The number of carbonyl (C=O) groups excluding carboxylic acids is 1. The Morgan fingerprint density at radius 1 is 1.13 bits per heavy atom. The van der Waals surface area contributed by atoms with Crippen LogP contribution in [0.3, 0.4) is 0 Å². The molecule has 1 amide bonds. The molecule has 7 nitrogen and oxygen atoms in total. The van der Waals surface area contributed by atoms with E-state index >= 15 is 0 Å². The Bertz CT molecular complexity index is 606. The maximum atomic E-state index is 12.4. The van der Waals surface area contributed by atoms with Gasteiger partial charge in [0.25, 0.3) is 0 Å². The predicted molar refractivity (Wildman–Crippen MR) is 120 cm³/mol. The van der Waals surface area contributed by atoms with Crippen molar-refractivity contribution in [3.05, 3.63) is 24.3 Å². The smallest absolute Gasteiger partial charge is 0.412 e. The second kappa shape index (κ2) is 14.2. The standard InChI is InChI=1S/C23H39N3O4/c1-4-5-6-7-8-16-29-21-11-9-10-20(17-21)24-23(27)30-22(19-28-3)18-26-14-12-25(2)13-15-26/h9-11,17,22H,4-8,12-16,18-19H2,1-3H3,(H,24,27)/t22-/m1/s1. The molecule has 0 bridgehead atoms. The molecule has 1 fully saturated rings. The number of nitrogens with zero attached hydrogens (tertiary/aromatic N) is 2. The van der Waals surface area contributed by atoms with Crippen LogP contribution >= 0.6 is 0 Å². The lowest BCUT2D eigenvalue weighted by molar-refractivity contribution is 0.0157. The van der Waals surface area contributed by atoms with E-state index in [-0.39, 0.29) is 6.10 Å². The molecule has 1 atom stereocenters. The number of carbonyl (C=O) groups is 1. The van der Waals surface area contributed by atoms with Crippen LogP contribution in [0.1, 0.15) is 39.0 Å². The first-order chi connectivity index (χ1) is 14.6. The largest absolute Gasteiger partial charge is 0.494 e. The molecule has 30 heavy (non-hydrogen) atoms. The highest BCUT2D eigenvalue weighted by molar-refractivity contribution is 5.85. The molecule has 0 aromatic heterocycles. The molecule has 0 spiro atoms. The lowest BCUT2D eigenvalue weighted by Gasteiger charge is -2.34. The van der Waals surface area contributed by atoms with Crippen LogP contribution in [0.5, 0.6) is 5.75 Å². The summed E-state index contributed by atoms with van der Waals surface area (Å²) in [5, 5.41) is 2.81. The fraction of sp³-hybridized carbons (Fsp3) is 0.696. The zero-order valence-electron chi connectivity index (χ0n) is 18.9. The van der Waals surface area contributed by atoms with E-state index in [1.54, 1.807) is 7.11 Å². The van der Waals surface area contributed by atoms with Crippen molar-refractivity contribution in [3.8, 4) is 5.75 Å². The highest BCUT2D eigenvalue weighted by Gasteiger charge is 2.21. The van der Waals surface area contributed by atoms with Crippen LogP contribution in [0, 0.1) is 0 Å². The molecule has 170 valence electrons. The number of piperazine rings is 1. The second-order valence-electron chi connectivity index (χ2n) is 8.00. The van der Waals surface area contributed by atoms with Crippen molar-refractivity contribution in [1.82, 2.24) is 9.80 Å². The molecule has 0 saturated carbocycles. The number of nitrogens with one attached hydrogen (secondary N) is 1. The molecular formula is C23H39N3O4. The van der Waals surface area contributed by atoms with Crippen LogP contribution in [-0.4, -0.2) is 82.1 Å². The highest BCUT2D eigenvalue weighted by atomic mass is 16.6. The molecule has 0 radical (unpaired) electrons. The van der Waals surface area contributed by atoms with Crippen molar-refractivity contribution in [1.29, 1.82) is 0 Å². The van der Waals surface area contributed by atoms with E-state index in [4.69, 9.17) is 14.2 Å². The maximum absolute atomic E-state index is 12.4. The Hall–Kier alpha value is -1.83. The van der Waals surface area contributed by atoms with Crippen LogP contribution < -0.4 is 10.1 Å². The van der Waals surface area contributed by atoms with Crippen molar-refractivity contribution >= 4 is 11.8 Å². The Labute approximate surface area is 181 Å². The Kier molecular flexibility index (Phi) is 11.6. The molecule has 2 rings (SSSR count). The minimum Gasteiger partial charge on any atom is -0.494 e. The molecule has 1 aromatic carbocycles. The molecular weight excluding hydrogens is 382 g/mol. The van der Waals surface area contributed by atoms with Gasteiger partial charge in [0, 0.05) is 51.6 Å². The van der Waals surface area contributed by atoms with Crippen LogP contribution in [0.4, 0.5) is 10.5 Å². The average molecular weight is 422 g/mol. The fourth-order valence-electron chi connectivity index (χ4n) is 3.49. The lowest BCUT2D eigenvalue weighted by Crippen LogP contribution is -2.48. The van der Waals surface area contributed by atoms with Crippen LogP contribution in [0.2, 0.25) is 0 Å². The van der Waals surface area contributed by atoms with E-state index in [1.165, 1.54) is 25.7 Å². The minimum atomic E-state index is -0.470. The summed E-state index contributed by atoms with van der Waals surface area (Å²) >= 11 is 0. The normalized spacial score (nSPS) is 16.2. The zero-order chi connectivity index (χ0) is 21.6. The van der Waals surface area contributed by atoms with Crippen LogP contribution in [-0.2, 0) is 9.47 Å². The van der Waals surface area contributed by atoms with Gasteiger partial charge in [0.05, 0.1) is 13.2 Å². The van der Waals surface area contributed by atoms with Gasteiger partial charge in [-0.3, -0.25) is 10.2 Å². The predicted octanol–water partition coefficient (Wildman–Crippen LogP) is 3.85. The van der Waals surface area contributed by atoms with E-state index in [0.717, 1.165) is 38.3 Å². The van der Waals surface area contributed by atoms with Crippen LogP contribution in [0.25, 0.3) is 0 Å². The molecule has 7 heteroatoms. The lowest BCUT2D eigenvalue weighted by atomic mass is 10.2. The first-order valence-corrected chi connectivity index (χ1v) is 11.2. The molecule has 0 aliphatic carbocycles. The molecule has 0 unspecified atom stereocenters. The van der Waals surface area contributed by atoms with Gasteiger partial charge in [0.15, 0.2) is 0 Å². The molecule has 1 aliphatic rings. The molecule has 1 heterocycles. The van der Waals surface area contributed by atoms with Gasteiger partial charge < -0.3 is 19.1 Å². The van der Waals surface area contributed by atoms with E-state index in [0.29, 0.717) is 25.4 Å². The van der Waals surface area contributed by atoms with Gasteiger partial charge in [-0.05, 0) is 25.6 Å². The monoisotopic (exact) mass is 421 g/mol. The maximum Gasteiger partial charge on any atom is 0.412 e. The Morgan fingerprint density at radius 2 is 1.90 bits per heavy atom. The van der Waals surface area contributed by atoms with E-state index < -0.39 is 6.09 Å². The number of amides is 1. The van der Waals surface area contributed by atoms with Gasteiger partial charge in [0.1, 0.15) is 11.9 Å². The number of ether oxygens (including phenoxy) is 3. The number of hydrogen-bond donors (Lipinski definition) is 1. The SMILES string of the molecule is CCCCCCCOc1cccc(NC(=O)O[C@@H](COC)CN2CCN(C)CC2)c1. The number of hydrogen-bond acceptors (Lipinski definition) is 6. The summed E-state index contributed by atoms with van der Waals surface area (Å²) in [5.74, 6) is 0.758. The van der Waals surface area contributed by atoms with Gasteiger partial charge in [-0.15, -0.1) is 0 Å². The van der Waals surface area contributed by atoms with Gasteiger partial charge >= 0.3 is 6.09 Å². The quantitative estimate of drug-likeness (QED) is 0.488. The van der Waals surface area contributed by atoms with Gasteiger partial charge in [0.2, 0.25) is 0 Å². The fourth-order valence-corrected chi connectivity index (χ4v) is 3.49. The molecule has 1 aliphatic heterocycles. The number of methoxy groups -OCH3 is 1. The number of anilines is 1. The first-order valence-electron chi connectivity index (χ1n) is 11.2. The molecule has 1 N–H and O–H groups in total. The van der Waals surface area contributed by atoms with E-state index in [9.17, 15) is 4.79 Å². The number of unbranched alkanes of at least 4 members (excludes halogenated alkanes) is 4. The van der Waals surface area contributed by atoms with Crippen molar-refractivity contribution in [3.63, 3.8) is 0 Å². The number of likely N-dealkylation sites (N-methyl/N-ethyl adjacent to an activating group) is 1. The average Bonchev–Trinajstić information content (AvgIpc) is 2.72. The van der Waals surface area contributed by atoms with Gasteiger partial charge in [-0.2, -0.15) is 0 Å². The summed E-state index contributed by atoms with van der Waals surface area (Å²) in [6, 6.07) is 7.45. The van der Waals surface area contributed by atoms with Gasteiger partial charge in [-0.25, -0.2) is 4.79 Å². The highest BCUT2D eigenvalue weighted by Crippen LogP contribution is 2.18. The molecule has 1 saturated heterocycles. The van der Waals surface area contributed by atoms with Gasteiger partial charge in [-0.1, -0.05) is 38.7 Å². The van der Waals surface area contributed by atoms with Crippen molar-refractivity contribution in [2.45, 2.75) is 45.1 Å². The summed E-state index contributed by atoms with van der Waals surface area (Å²) < 4.78 is 16.7. The zero-order valence-corrected chi connectivity index (χ0v) is 18.9. The van der Waals surface area contributed by atoms with Crippen molar-refractivity contribution < 1.29 is 19.0 Å². The second-order valence-corrected chi connectivity index (χ2v) is 8.00. The van der Waals surface area contributed by atoms with Crippen molar-refractivity contribution in [2.75, 3.05) is 65.4 Å². The topological polar surface area (TPSA) is 63.3 Å². The van der Waals surface area contributed by atoms with Crippen molar-refractivity contribution in [2.24, 2.45) is 0 Å². The number of benzene rings is 1. The third kappa shape index (κ3) is 9.78. The summed E-state index contributed by atoms with van der Waals surface area (Å²) in [5.41, 5.74) is 0.666. The van der Waals surface area contributed by atoms with Crippen LogP contribution in [0.15, 0.2) is 24.3 Å². The third-order valence-corrected chi connectivity index (χ3v) is 5.28. The summed E-state index contributed by atoms with van der Waals surface area (Å²) in [6.07, 6.45) is 5.23. The summed E-state index contributed by atoms with van der Waals surface area (Å²) in [6.45, 7) is 7.95. The Morgan fingerprint density at radius 3 is 2.63 bits per heavy atom. The first kappa shape index (κ1) is 24.4. The summed E-state index contributed by atoms with van der Waals surface area (Å²) in [7, 11) is 3.75. The Balaban J connectivity index is 1.76. The number of rotatable bonds is 13.